The number of carbonyl (C=O) groups excluding carboxylic acids is 1. The molecule has 3 rings (SSSR count). The molecule has 1 N–H and O–H groups in total. The van der Waals surface area contributed by atoms with E-state index < -0.39 is 10.0 Å². The number of thiophene rings is 1. The molecule has 1 aromatic heterocycles. The van der Waals surface area contributed by atoms with Crippen molar-refractivity contribution >= 4 is 27.3 Å². The van der Waals surface area contributed by atoms with E-state index in [1.54, 1.807) is 35.6 Å². The molecule has 0 spiro atoms. The Hall–Kier alpha value is -1.90. The van der Waals surface area contributed by atoms with Crippen LogP contribution in [0.1, 0.15) is 17.7 Å². The van der Waals surface area contributed by atoms with Gasteiger partial charge in [-0.15, -0.1) is 11.3 Å². The lowest BCUT2D eigenvalue weighted by Gasteiger charge is -2.31. The molecule has 1 atom stereocenters. The van der Waals surface area contributed by atoms with Crippen LogP contribution in [-0.2, 0) is 21.2 Å². The van der Waals surface area contributed by atoms with E-state index in [9.17, 15) is 13.2 Å². The summed E-state index contributed by atoms with van der Waals surface area (Å²) in [5.41, 5.74) is 0. The summed E-state index contributed by atoms with van der Waals surface area (Å²) in [5, 5.41) is 4.96. The largest absolute Gasteiger partial charge is 0.497 e. The Kier molecular flexibility index (Phi) is 6.51. The number of ether oxygens (including phenoxy) is 1. The van der Waals surface area contributed by atoms with Crippen molar-refractivity contribution in [3.05, 3.63) is 46.7 Å². The molecule has 0 aliphatic carbocycles. The van der Waals surface area contributed by atoms with E-state index in [1.807, 2.05) is 17.5 Å². The highest BCUT2D eigenvalue weighted by Gasteiger charge is 2.33. The van der Waals surface area contributed by atoms with Crippen LogP contribution in [-0.4, -0.2) is 45.4 Å². The molecule has 1 saturated heterocycles. The second kappa shape index (κ2) is 8.86. The second-order valence-corrected chi connectivity index (χ2v) is 9.47. The van der Waals surface area contributed by atoms with Crippen LogP contribution in [0.3, 0.4) is 0 Å². The average molecular weight is 409 g/mol. The first-order valence-electron chi connectivity index (χ1n) is 8.95. The molecule has 1 aliphatic rings. The highest BCUT2D eigenvalue weighted by atomic mass is 32.2. The van der Waals surface area contributed by atoms with Crippen molar-refractivity contribution in [3.63, 3.8) is 0 Å². The highest BCUT2D eigenvalue weighted by Crippen LogP contribution is 2.25. The van der Waals surface area contributed by atoms with Crippen molar-refractivity contribution in [1.29, 1.82) is 0 Å². The number of sulfonamides is 1. The van der Waals surface area contributed by atoms with Crippen LogP contribution in [0.2, 0.25) is 0 Å². The summed E-state index contributed by atoms with van der Waals surface area (Å²) in [5.74, 6) is 0.229. The van der Waals surface area contributed by atoms with Crippen LogP contribution in [0.4, 0.5) is 0 Å². The Morgan fingerprint density at radius 2 is 2.07 bits per heavy atom. The summed E-state index contributed by atoms with van der Waals surface area (Å²) < 4.78 is 32.3. The lowest BCUT2D eigenvalue weighted by Crippen LogP contribution is -2.45. The van der Waals surface area contributed by atoms with Gasteiger partial charge in [0.1, 0.15) is 5.75 Å². The Balaban J connectivity index is 1.59. The number of hydrogen-bond acceptors (Lipinski definition) is 5. The Bertz CT molecular complexity index is 848. The van der Waals surface area contributed by atoms with Gasteiger partial charge in [0, 0.05) is 24.5 Å². The van der Waals surface area contributed by atoms with Crippen molar-refractivity contribution < 1.29 is 17.9 Å². The second-order valence-electron chi connectivity index (χ2n) is 6.50. The molecule has 146 valence electrons. The third-order valence-electron chi connectivity index (χ3n) is 4.70. The van der Waals surface area contributed by atoms with Crippen LogP contribution in [0.5, 0.6) is 5.75 Å². The number of benzene rings is 1. The number of hydrogen-bond donors (Lipinski definition) is 1. The quantitative estimate of drug-likeness (QED) is 0.764. The monoisotopic (exact) mass is 408 g/mol. The van der Waals surface area contributed by atoms with Gasteiger partial charge in [-0.1, -0.05) is 6.07 Å². The molecule has 1 amide bonds. The third-order valence-corrected chi connectivity index (χ3v) is 7.52. The van der Waals surface area contributed by atoms with Crippen molar-refractivity contribution in [2.75, 3.05) is 26.7 Å². The van der Waals surface area contributed by atoms with Crippen molar-refractivity contribution in [2.24, 2.45) is 5.92 Å². The molecule has 0 radical (unpaired) electrons. The van der Waals surface area contributed by atoms with E-state index in [1.165, 1.54) is 16.3 Å². The third kappa shape index (κ3) is 4.88. The van der Waals surface area contributed by atoms with Gasteiger partial charge in [0.2, 0.25) is 15.9 Å². The number of methoxy groups -OCH3 is 1. The van der Waals surface area contributed by atoms with Gasteiger partial charge in [-0.05, 0) is 55.0 Å². The van der Waals surface area contributed by atoms with Crippen LogP contribution in [0.15, 0.2) is 46.7 Å². The standard InChI is InChI=1S/C19H24N2O4S2/c1-25-16-6-8-18(9-7-16)27(23,24)21-12-2-4-15(14-21)19(22)20-11-10-17-5-3-13-26-17/h3,5-9,13,15H,2,4,10-12,14H2,1H3,(H,20,22)/t15-/m0/s1. The summed E-state index contributed by atoms with van der Waals surface area (Å²) >= 11 is 1.67. The fourth-order valence-electron chi connectivity index (χ4n) is 3.18. The Labute approximate surface area is 164 Å². The number of nitrogens with zero attached hydrogens (tertiary/aromatic N) is 1. The van der Waals surface area contributed by atoms with Crippen LogP contribution < -0.4 is 10.1 Å². The van der Waals surface area contributed by atoms with Gasteiger partial charge >= 0.3 is 0 Å². The average Bonchev–Trinajstić information content (AvgIpc) is 3.21. The zero-order valence-corrected chi connectivity index (χ0v) is 16.9. The predicted octanol–water partition coefficient (Wildman–Crippen LogP) is 2.52. The number of nitrogens with one attached hydrogen (secondary N) is 1. The molecule has 8 heteroatoms. The minimum Gasteiger partial charge on any atom is -0.497 e. The van der Waals surface area contributed by atoms with Gasteiger partial charge in [0.25, 0.3) is 0 Å². The smallest absolute Gasteiger partial charge is 0.243 e. The molecule has 6 nitrogen and oxygen atoms in total. The van der Waals surface area contributed by atoms with E-state index in [0.29, 0.717) is 31.7 Å². The first-order chi connectivity index (χ1) is 13.0. The number of piperidine rings is 1. The van der Waals surface area contributed by atoms with Crippen LogP contribution >= 0.6 is 11.3 Å². The van der Waals surface area contributed by atoms with Gasteiger partial charge in [-0.2, -0.15) is 4.31 Å². The van der Waals surface area contributed by atoms with Gasteiger partial charge in [-0.3, -0.25) is 4.79 Å². The molecule has 2 aromatic rings. The lowest BCUT2D eigenvalue weighted by atomic mass is 9.99. The molecule has 0 bridgehead atoms. The van der Waals surface area contributed by atoms with Crippen molar-refractivity contribution in [1.82, 2.24) is 9.62 Å². The van der Waals surface area contributed by atoms with Crippen LogP contribution in [0, 0.1) is 5.92 Å². The number of carbonyl (C=O) groups is 1. The molecule has 1 fully saturated rings. The van der Waals surface area contributed by atoms with E-state index in [4.69, 9.17) is 4.74 Å². The predicted molar refractivity (Wildman–Crippen MR) is 106 cm³/mol. The zero-order valence-electron chi connectivity index (χ0n) is 15.3. The van der Waals surface area contributed by atoms with E-state index in [-0.39, 0.29) is 23.3 Å². The fourth-order valence-corrected chi connectivity index (χ4v) is 5.41. The highest BCUT2D eigenvalue weighted by molar-refractivity contribution is 7.89. The van der Waals surface area contributed by atoms with Gasteiger partial charge in [0.15, 0.2) is 0 Å². The van der Waals surface area contributed by atoms with Crippen molar-refractivity contribution in [2.45, 2.75) is 24.2 Å². The number of rotatable bonds is 7. The van der Waals surface area contributed by atoms with E-state index in [0.717, 1.165) is 6.42 Å². The summed E-state index contributed by atoms with van der Waals surface area (Å²) in [6.45, 7) is 1.23. The summed E-state index contributed by atoms with van der Waals surface area (Å²) in [7, 11) is -2.07. The van der Waals surface area contributed by atoms with Crippen molar-refractivity contribution in [3.8, 4) is 5.75 Å². The molecule has 1 aliphatic heterocycles. The van der Waals surface area contributed by atoms with E-state index >= 15 is 0 Å². The Morgan fingerprint density at radius 3 is 2.74 bits per heavy atom. The lowest BCUT2D eigenvalue weighted by molar-refractivity contribution is -0.126. The molecular formula is C19H24N2O4S2. The topological polar surface area (TPSA) is 75.7 Å². The first-order valence-corrected chi connectivity index (χ1v) is 11.3. The van der Waals surface area contributed by atoms with Gasteiger partial charge < -0.3 is 10.1 Å². The molecule has 1 aromatic carbocycles. The van der Waals surface area contributed by atoms with Crippen LogP contribution in [0.25, 0.3) is 0 Å². The Morgan fingerprint density at radius 1 is 1.30 bits per heavy atom. The van der Waals surface area contributed by atoms with E-state index in [2.05, 4.69) is 5.32 Å². The minimum absolute atomic E-state index is 0.0683. The first kappa shape index (κ1) is 19.9. The normalized spacial score (nSPS) is 18.2. The summed E-state index contributed by atoms with van der Waals surface area (Å²) in [6.07, 6.45) is 2.18. The summed E-state index contributed by atoms with van der Waals surface area (Å²) in [6, 6.07) is 10.4. The minimum atomic E-state index is -3.61. The maximum absolute atomic E-state index is 12.9. The number of amides is 1. The van der Waals surface area contributed by atoms with Gasteiger partial charge in [0.05, 0.1) is 17.9 Å². The maximum Gasteiger partial charge on any atom is 0.243 e. The maximum atomic E-state index is 12.9. The molecule has 0 saturated carbocycles. The molecule has 0 unspecified atom stereocenters. The fraction of sp³-hybridized carbons (Fsp3) is 0.421. The zero-order chi connectivity index (χ0) is 19.3. The molecule has 27 heavy (non-hydrogen) atoms. The SMILES string of the molecule is COc1ccc(S(=O)(=O)N2CCC[C@H](C(=O)NCCc3cccs3)C2)cc1. The molecular weight excluding hydrogens is 384 g/mol. The molecule has 2 heterocycles. The summed E-state index contributed by atoms with van der Waals surface area (Å²) in [4.78, 5) is 13.9. The van der Waals surface area contributed by atoms with Gasteiger partial charge in [-0.25, -0.2) is 8.42 Å².